The van der Waals surface area contributed by atoms with Crippen molar-refractivity contribution in [2.75, 3.05) is 0 Å². The van der Waals surface area contributed by atoms with Crippen molar-refractivity contribution in [2.45, 2.75) is 6.61 Å². The number of ether oxygens (including phenoxy) is 1. The van der Waals surface area contributed by atoms with Gasteiger partial charge < -0.3 is 9.72 Å². The van der Waals surface area contributed by atoms with Gasteiger partial charge in [0.2, 0.25) is 0 Å². The highest BCUT2D eigenvalue weighted by Gasteiger charge is 2.17. The molecule has 0 radical (unpaired) electrons. The van der Waals surface area contributed by atoms with Crippen molar-refractivity contribution < 1.29 is 4.74 Å². The van der Waals surface area contributed by atoms with Crippen LogP contribution in [0.2, 0.25) is 0 Å². The first kappa shape index (κ1) is 21.8. The van der Waals surface area contributed by atoms with Crippen LogP contribution in [0.3, 0.4) is 0 Å². The molecule has 0 unspecified atom stereocenters. The van der Waals surface area contributed by atoms with E-state index < -0.39 is 0 Å². The normalized spacial score (nSPS) is 11.3. The molecule has 0 bridgehead atoms. The second-order valence-electron chi connectivity index (χ2n) is 8.73. The number of H-pyrrole nitrogens is 2. The molecule has 6 heterocycles. The maximum atomic E-state index is 5.97. The van der Waals surface area contributed by atoms with Crippen LogP contribution in [0, 0.1) is 0 Å². The topological polar surface area (TPSA) is 118 Å². The molecule has 0 aliphatic heterocycles. The van der Waals surface area contributed by atoms with Crippen LogP contribution in [0.5, 0.6) is 5.75 Å². The Kier molecular flexibility index (Phi) is 5.29. The van der Waals surface area contributed by atoms with Gasteiger partial charge in [0.05, 0.1) is 34.8 Å². The highest BCUT2D eigenvalue weighted by atomic mass is 16.5. The fourth-order valence-corrected chi connectivity index (χ4v) is 4.39. The zero-order chi connectivity index (χ0) is 25.3. The molecule has 0 fully saturated rings. The predicted octanol–water partition coefficient (Wildman–Crippen LogP) is 5.60. The Morgan fingerprint density at radius 3 is 2.61 bits per heavy atom. The van der Waals surface area contributed by atoms with Crippen LogP contribution < -0.4 is 4.74 Å². The van der Waals surface area contributed by atoms with Gasteiger partial charge in [0.1, 0.15) is 18.1 Å². The summed E-state index contributed by atoms with van der Waals surface area (Å²) >= 11 is 0. The number of rotatable bonds is 6. The summed E-state index contributed by atoms with van der Waals surface area (Å²) in [5.74, 6) is 1.28. The number of benzene rings is 1. The molecule has 0 atom stereocenters. The third-order valence-corrected chi connectivity index (χ3v) is 6.26. The minimum Gasteiger partial charge on any atom is -0.487 e. The molecular weight excluding hydrogens is 476 g/mol. The number of hydrogen-bond donors (Lipinski definition) is 2. The lowest BCUT2D eigenvalue weighted by Crippen LogP contribution is -1.96. The molecule has 2 N–H and O–H groups in total. The first-order chi connectivity index (χ1) is 18.8. The summed E-state index contributed by atoms with van der Waals surface area (Å²) in [6.07, 6.45) is 8.74. The van der Waals surface area contributed by atoms with Gasteiger partial charge in [-0.2, -0.15) is 5.10 Å². The van der Waals surface area contributed by atoms with E-state index in [2.05, 4.69) is 35.1 Å². The fourth-order valence-electron chi connectivity index (χ4n) is 4.39. The van der Waals surface area contributed by atoms with E-state index in [1.807, 2.05) is 66.7 Å². The van der Waals surface area contributed by atoms with Crippen LogP contribution in [0.25, 0.3) is 56.1 Å². The van der Waals surface area contributed by atoms with Crippen LogP contribution in [-0.2, 0) is 6.61 Å². The Labute approximate surface area is 216 Å². The number of nitrogens with one attached hydrogen (secondary N) is 2. The molecule has 0 spiro atoms. The van der Waals surface area contributed by atoms with E-state index >= 15 is 0 Å². The number of fused-ring (bicyclic) bond motifs is 2. The van der Waals surface area contributed by atoms with Gasteiger partial charge in [0, 0.05) is 35.1 Å². The lowest BCUT2D eigenvalue weighted by molar-refractivity contribution is 0.305. The van der Waals surface area contributed by atoms with Gasteiger partial charge in [-0.1, -0.05) is 36.4 Å². The van der Waals surface area contributed by atoms with Crippen molar-refractivity contribution in [3.05, 3.63) is 103 Å². The molecule has 9 heteroatoms. The largest absolute Gasteiger partial charge is 0.487 e. The maximum absolute atomic E-state index is 5.97. The molecular formula is C29H20N8O. The van der Waals surface area contributed by atoms with Crippen LogP contribution in [0.1, 0.15) is 5.56 Å². The number of imidazole rings is 1. The summed E-state index contributed by atoms with van der Waals surface area (Å²) in [5, 5.41) is 8.48. The summed E-state index contributed by atoms with van der Waals surface area (Å²) in [7, 11) is 0. The Bertz CT molecular complexity index is 1880. The highest BCUT2D eigenvalue weighted by Crippen LogP contribution is 2.31. The minimum absolute atomic E-state index is 0.463. The molecule has 0 saturated heterocycles. The molecule has 0 saturated carbocycles. The van der Waals surface area contributed by atoms with Crippen LogP contribution >= 0.6 is 0 Å². The van der Waals surface area contributed by atoms with E-state index in [1.165, 1.54) is 0 Å². The Hall–Kier alpha value is -5.44. The Morgan fingerprint density at radius 1 is 0.789 bits per heavy atom. The van der Waals surface area contributed by atoms with E-state index in [4.69, 9.17) is 9.72 Å². The van der Waals surface area contributed by atoms with E-state index in [1.54, 1.807) is 31.0 Å². The van der Waals surface area contributed by atoms with Gasteiger partial charge in [-0.3, -0.25) is 20.1 Å². The smallest absolute Gasteiger partial charge is 0.178 e. The van der Waals surface area contributed by atoms with E-state index in [-0.39, 0.29) is 0 Å². The number of hydrogen-bond acceptors (Lipinski definition) is 7. The molecule has 0 amide bonds. The van der Waals surface area contributed by atoms with Crippen molar-refractivity contribution >= 4 is 22.1 Å². The second-order valence-corrected chi connectivity index (χ2v) is 8.73. The van der Waals surface area contributed by atoms with Gasteiger partial charge in [-0.15, -0.1) is 0 Å². The third kappa shape index (κ3) is 4.01. The fraction of sp³-hybridized carbons (Fsp3) is 0.0345. The van der Waals surface area contributed by atoms with Gasteiger partial charge in [-0.05, 0) is 35.9 Å². The Balaban J connectivity index is 1.24. The summed E-state index contributed by atoms with van der Waals surface area (Å²) < 4.78 is 5.97. The Morgan fingerprint density at radius 2 is 1.71 bits per heavy atom. The number of aromatic nitrogens is 8. The number of nitrogens with zero attached hydrogens (tertiary/aromatic N) is 6. The maximum Gasteiger partial charge on any atom is 0.178 e. The van der Waals surface area contributed by atoms with Crippen LogP contribution in [0.15, 0.2) is 97.7 Å². The quantitative estimate of drug-likeness (QED) is 0.308. The van der Waals surface area contributed by atoms with Crippen molar-refractivity contribution in [1.29, 1.82) is 0 Å². The molecule has 182 valence electrons. The molecule has 1 aromatic carbocycles. The predicted molar refractivity (Wildman–Crippen MR) is 144 cm³/mol. The zero-order valence-electron chi connectivity index (χ0n) is 20.0. The van der Waals surface area contributed by atoms with Gasteiger partial charge in [0.15, 0.2) is 11.5 Å². The molecule has 7 rings (SSSR count). The summed E-state index contributed by atoms with van der Waals surface area (Å²) in [6, 6.07) is 21.7. The minimum atomic E-state index is 0.463. The molecule has 0 aliphatic carbocycles. The molecule has 7 aromatic rings. The van der Waals surface area contributed by atoms with E-state index in [0.717, 1.165) is 44.5 Å². The third-order valence-electron chi connectivity index (χ3n) is 6.26. The van der Waals surface area contributed by atoms with E-state index in [0.29, 0.717) is 29.5 Å². The van der Waals surface area contributed by atoms with Crippen LogP contribution in [-0.4, -0.2) is 40.1 Å². The second kappa shape index (κ2) is 9.21. The average molecular weight is 497 g/mol. The standard InChI is InChI=1S/C29H20N8O/c1-2-6-18(7-3-1)17-38-20-12-19(14-30-15-20)24-13-22-25(16-33-24)36-37-27(22)29-34-26-21(9-11-32-28(26)35-29)23-8-4-5-10-31-23/h1-16H,17H2,(H,36,37)(H,32,34,35). The molecule has 9 nitrogen and oxygen atoms in total. The number of aromatic amines is 2. The van der Waals surface area contributed by atoms with Gasteiger partial charge in [0.25, 0.3) is 0 Å². The zero-order valence-corrected chi connectivity index (χ0v) is 20.0. The highest BCUT2D eigenvalue weighted by molar-refractivity contribution is 5.96. The summed E-state index contributed by atoms with van der Waals surface area (Å²) in [4.78, 5) is 26.1. The monoisotopic (exact) mass is 496 g/mol. The summed E-state index contributed by atoms with van der Waals surface area (Å²) in [5.41, 5.74) is 7.33. The first-order valence-electron chi connectivity index (χ1n) is 12.0. The summed E-state index contributed by atoms with van der Waals surface area (Å²) in [6.45, 7) is 0.463. The van der Waals surface area contributed by atoms with Crippen molar-refractivity contribution in [2.24, 2.45) is 0 Å². The number of pyridine rings is 4. The lowest BCUT2D eigenvalue weighted by atomic mass is 10.1. The molecule has 38 heavy (non-hydrogen) atoms. The van der Waals surface area contributed by atoms with Crippen molar-refractivity contribution in [3.63, 3.8) is 0 Å². The lowest BCUT2D eigenvalue weighted by Gasteiger charge is -2.08. The van der Waals surface area contributed by atoms with Crippen LogP contribution in [0.4, 0.5) is 0 Å². The van der Waals surface area contributed by atoms with Crippen molar-refractivity contribution in [3.8, 4) is 39.8 Å². The SMILES string of the molecule is c1ccc(COc2cncc(-c3cc4c(-c5nc6nccc(-c7ccccn7)c6[nH]5)n[nH]c4cn3)c2)cc1. The average Bonchev–Trinajstić information content (AvgIpc) is 3.61. The molecule has 6 aromatic heterocycles. The van der Waals surface area contributed by atoms with Gasteiger partial charge >= 0.3 is 0 Å². The first-order valence-corrected chi connectivity index (χ1v) is 12.0. The molecule has 0 aliphatic rings. The van der Waals surface area contributed by atoms with E-state index in [9.17, 15) is 0 Å². The van der Waals surface area contributed by atoms with Crippen molar-refractivity contribution in [1.82, 2.24) is 40.1 Å². The van der Waals surface area contributed by atoms with Gasteiger partial charge in [-0.25, -0.2) is 9.97 Å².